The van der Waals surface area contributed by atoms with Crippen molar-refractivity contribution in [3.05, 3.63) is 23.2 Å². The molecule has 0 fully saturated rings. The lowest BCUT2D eigenvalue weighted by Gasteiger charge is -2.22. The maximum atomic E-state index is 12.1. The number of thiazole rings is 1. The van der Waals surface area contributed by atoms with Crippen LogP contribution in [0.4, 0.5) is 0 Å². The van der Waals surface area contributed by atoms with Crippen molar-refractivity contribution < 1.29 is 14.6 Å². The van der Waals surface area contributed by atoms with E-state index in [1.165, 1.54) is 30.4 Å². The summed E-state index contributed by atoms with van der Waals surface area (Å²) in [6, 6.07) is 0. The molecule has 1 atom stereocenters. The van der Waals surface area contributed by atoms with E-state index in [-0.39, 0.29) is 18.1 Å². The van der Waals surface area contributed by atoms with Crippen LogP contribution in [0, 0.1) is 0 Å². The number of carbonyl (C=O) groups is 1. The standard InChI is InChI=1S/C19H33N3O3S/c1-5-6-7-8-9-10-11-20-17(24)16-13-21-18(26-16)25-14-15(23)12-22-19(2,3)4/h8-9,13,15,22-23H,5-7,10-12,14H2,1-4H3,(H,20,24)/b9-8-. The summed E-state index contributed by atoms with van der Waals surface area (Å²) in [5.74, 6) is -0.144. The number of ether oxygens (including phenoxy) is 1. The highest BCUT2D eigenvalue weighted by Crippen LogP contribution is 2.20. The van der Waals surface area contributed by atoms with Gasteiger partial charge in [-0.15, -0.1) is 0 Å². The first kappa shape index (κ1) is 22.6. The van der Waals surface area contributed by atoms with Gasteiger partial charge in [-0.1, -0.05) is 43.3 Å². The molecule has 0 bridgehead atoms. The van der Waals surface area contributed by atoms with Gasteiger partial charge in [0.05, 0.1) is 6.20 Å². The van der Waals surface area contributed by atoms with Gasteiger partial charge in [-0.25, -0.2) is 4.98 Å². The molecule has 7 heteroatoms. The average Bonchev–Trinajstić information content (AvgIpc) is 3.05. The van der Waals surface area contributed by atoms with E-state index in [1.807, 2.05) is 20.8 Å². The Morgan fingerprint density at radius 3 is 2.81 bits per heavy atom. The summed E-state index contributed by atoms with van der Waals surface area (Å²) in [7, 11) is 0. The molecule has 0 aliphatic heterocycles. The zero-order valence-corrected chi connectivity index (χ0v) is 17.2. The van der Waals surface area contributed by atoms with Gasteiger partial charge in [-0.3, -0.25) is 4.79 Å². The van der Waals surface area contributed by atoms with Crippen molar-refractivity contribution in [1.82, 2.24) is 15.6 Å². The fourth-order valence-corrected chi connectivity index (χ4v) is 2.68. The molecule has 0 aromatic carbocycles. The third-order valence-corrected chi connectivity index (χ3v) is 4.37. The van der Waals surface area contributed by atoms with Crippen molar-refractivity contribution in [2.45, 2.75) is 65.0 Å². The summed E-state index contributed by atoms with van der Waals surface area (Å²) < 4.78 is 5.47. The summed E-state index contributed by atoms with van der Waals surface area (Å²) in [4.78, 5) is 16.7. The number of unbranched alkanes of at least 4 members (excludes halogenated alkanes) is 2. The van der Waals surface area contributed by atoms with Crippen LogP contribution in [0.1, 0.15) is 63.0 Å². The molecule has 1 aromatic heterocycles. The highest BCUT2D eigenvalue weighted by Gasteiger charge is 2.14. The molecule has 6 nitrogen and oxygen atoms in total. The Bertz CT molecular complexity index is 552. The predicted octanol–water partition coefficient (Wildman–Crippen LogP) is 3.14. The SMILES string of the molecule is CCCC/C=C\CCNC(=O)c1cnc(OCC(O)CNC(C)(C)C)s1. The summed E-state index contributed by atoms with van der Waals surface area (Å²) in [5.41, 5.74) is -0.0569. The van der Waals surface area contributed by atoms with E-state index in [4.69, 9.17) is 4.74 Å². The number of carbonyl (C=O) groups excluding carboxylic acids is 1. The molecule has 1 heterocycles. The molecule has 0 aliphatic carbocycles. The molecule has 0 saturated carbocycles. The van der Waals surface area contributed by atoms with Crippen LogP contribution in [0.3, 0.4) is 0 Å². The average molecular weight is 384 g/mol. The van der Waals surface area contributed by atoms with Gasteiger partial charge >= 0.3 is 0 Å². The fourth-order valence-electron chi connectivity index (χ4n) is 1.99. The zero-order valence-electron chi connectivity index (χ0n) is 16.4. The molecular formula is C19H33N3O3S. The lowest BCUT2D eigenvalue weighted by atomic mass is 10.1. The van der Waals surface area contributed by atoms with Crippen LogP contribution in [-0.4, -0.2) is 47.3 Å². The first-order chi connectivity index (χ1) is 12.3. The minimum Gasteiger partial charge on any atom is -0.467 e. The van der Waals surface area contributed by atoms with Gasteiger partial charge in [0, 0.05) is 18.6 Å². The van der Waals surface area contributed by atoms with Gasteiger partial charge in [0.2, 0.25) is 0 Å². The third-order valence-electron chi connectivity index (χ3n) is 3.46. The van der Waals surface area contributed by atoms with Crippen molar-refractivity contribution in [2.75, 3.05) is 19.7 Å². The monoisotopic (exact) mass is 383 g/mol. The van der Waals surface area contributed by atoms with Gasteiger partial charge in [0.1, 0.15) is 17.6 Å². The van der Waals surface area contributed by atoms with Crippen LogP contribution < -0.4 is 15.4 Å². The molecular weight excluding hydrogens is 350 g/mol. The van der Waals surface area contributed by atoms with E-state index in [9.17, 15) is 9.90 Å². The van der Waals surface area contributed by atoms with Gasteiger partial charge in [-0.2, -0.15) is 0 Å². The molecule has 148 valence electrons. The molecule has 0 aliphatic rings. The molecule has 1 aromatic rings. The summed E-state index contributed by atoms with van der Waals surface area (Å²) in [6.45, 7) is 9.46. The van der Waals surface area contributed by atoms with E-state index in [2.05, 4.69) is 34.7 Å². The number of hydrogen-bond acceptors (Lipinski definition) is 6. The number of rotatable bonds is 12. The van der Waals surface area contributed by atoms with Gasteiger partial charge < -0.3 is 20.5 Å². The second-order valence-corrected chi connectivity index (χ2v) is 8.24. The molecule has 0 saturated heterocycles. The lowest BCUT2D eigenvalue weighted by molar-refractivity contribution is 0.0958. The maximum absolute atomic E-state index is 12.1. The van der Waals surface area contributed by atoms with Crippen LogP contribution in [0.15, 0.2) is 18.3 Å². The summed E-state index contributed by atoms with van der Waals surface area (Å²) >= 11 is 1.19. The number of hydrogen-bond donors (Lipinski definition) is 3. The number of nitrogens with zero attached hydrogens (tertiary/aromatic N) is 1. The van der Waals surface area contributed by atoms with Crippen molar-refractivity contribution in [1.29, 1.82) is 0 Å². The molecule has 3 N–H and O–H groups in total. The largest absolute Gasteiger partial charge is 0.467 e. The van der Waals surface area contributed by atoms with E-state index in [0.29, 0.717) is 23.2 Å². The number of β-amino-alcohol motifs (C(OH)–C–C–N with tert-alkyl or cyclic N) is 1. The first-order valence-electron chi connectivity index (χ1n) is 9.26. The maximum Gasteiger partial charge on any atom is 0.273 e. The minimum absolute atomic E-state index is 0.0569. The Kier molecular flexibility index (Phi) is 10.5. The van der Waals surface area contributed by atoms with Crippen LogP contribution in [-0.2, 0) is 0 Å². The van der Waals surface area contributed by atoms with Gasteiger partial charge in [0.25, 0.3) is 11.1 Å². The van der Waals surface area contributed by atoms with Gasteiger partial charge in [-0.05, 0) is 33.6 Å². The lowest BCUT2D eigenvalue weighted by Crippen LogP contribution is -2.42. The van der Waals surface area contributed by atoms with Crippen molar-refractivity contribution >= 4 is 17.2 Å². The number of amides is 1. The number of aliphatic hydroxyl groups excluding tert-OH is 1. The molecule has 26 heavy (non-hydrogen) atoms. The van der Waals surface area contributed by atoms with Crippen LogP contribution in [0.25, 0.3) is 0 Å². The zero-order chi connectivity index (χ0) is 19.4. The highest BCUT2D eigenvalue weighted by molar-refractivity contribution is 7.15. The molecule has 1 rings (SSSR count). The van der Waals surface area contributed by atoms with Crippen molar-refractivity contribution in [3.63, 3.8) is 0 Å². The molecule has 1 amide bonds. The summed E-state index contributed by atoms with van der Waals surface area (Å²) in [6.07, 6.45) is 9.45. The highest BCUT2D eigenvalue weighted by atomic mass is 32.1. The van der Waals surface area contributed by atoms with Gasteiger partial charge in [0.15, 0.2) is 0 Å². The van der Waals surface area contributed by atoms with Crippen LogP contribution in [0.2, 0.25) is 0 Å². The molecule has 1 unspecified atom stereocenters. The van der Waals surface area contributed by atoms with E-state index >= 15 is 0 Å². The smallest absolute Gasteiger partial charge is 0.273 e. The number of aromatic nitrogens is 1. The van der Waals surface area contributed by atoms with E-state index in [1.54, 1.807) is 0 Å². The van der Waals surface area contributed by atoms with Crippen molar-refractivity contribution in [2.24, 2.45) is 0 Å². The van der Waals surface area contributed by atoms with Crippen molar-refractivity contribution in [3.8, 4) is 5.19 Å². The fraction of sp³-hybridized carbons (Fsp3) is 0.684. The number of nitrogens with one attached hydrogen (secondary N) is 2. The Balaban J connectivity index is 2.26. The number of allylic oxidation sites excluding steroid dienone is 1. The minimum atomic E-state index is -0.630. The van der Waals surface area contributed by atoms with E-state index in [0.717, 1.165) is 12.8 Å². The topological polar surface area (TPSA) is 83.5 Å². The Morgan fingerprint density at radius 1 is 1.38 bits per heavy atom. The predicted molar refractivity (Wildman–Crippen MR) is 107 cm³/mol. The second kappa shape index (κ2) is 12.0. The Hall–Kier alpha value is -1.44. The summed E-state index contributed by atoms with van der Waals surface area (Å²) in [5, 5.41) is 16.4. The number of aliphatic hydroxyl groups is 1. The Labute approximate surface area is 161 Å². The Morgan fingerprint density at radius 2 is 2.12 bits per heavy atom. The van der Waals surface area contributed by atoms with E-state index < -0.39 is 6.10 Å². The van der Waals surface area contributed by atoms with Crippen LogP contribution in [0.5, 0.6) is 5.19 Å². The van der Waals surface area contributed by atoms with Crippen LogP contribution >= 0.6 is 11.3 Å². The molecule has 0 radical (unpaired) electrons. The first-order valence-corrected chi connectivity index (χ1v) is 10.1. The normalized spacial score (nSPS) is 13.1. The second-order valence-electron chi connectivity index (χ2n) is 7.24. The quantitative estimate of drug-likeness (QED) is 0.381. The third kappa shape index (κ3) is 10.5. The molecule has 0 spiro atoms.